The van der Waals surface area contributed by atoms with Crippen LogP contribution in [0.25, 0.3) is 0 Å². The highest BCUT2D eigenvalue weighted by Crippen LogP contribution is 2.48. The number of aryl methyl sites for hydroxylation is 2. The number of aromatic nitrogens is 4. The lowest BCUT2D eigenvalue weighted by atomic mass is 9.71. The molecule has 1 aromatic carbocycles. The molecule has 1 atom stereocenters. The fraction of sp³-hybridized carbons (Fsp3) is 0.571. The summed E-state index contributed by atoms with van der Waals surface area (Å²) in [5, 5.41) is 15.7. The molecular formula is C28H37N5OS. The Hall–Kier alpha value is -2.54. The molecule has 1 unspecified atom stereocenters. The van der Waals surface area contributed by atoms with Crippen LogP contribution < -0.4 is 5.32 Å². The second kappa shape index (κ2) is 10.2. The predicted octanol–water partition coefficient (Wildman–Crippen LogP) is 6.58. The topological polar surface area (TPSA) is 72.7 Å². The van der Waals surface area contributed by atoms with E-state index >= 15 is 0 Å². The van der Waals surface area contributed by atoms with Gasteiger partial charge in [-0.2, -0.15) is 0 Å². The van der Waals surface area contributed by atoms with Gasteiger partial charge in [0.15, 0.2) is 0 Å². The molecule has 7 heteroatoms. The van der Waals surface area contributed by atoms with Crippen LogP contribution in [0.3, 0.4) is 0 Å². The maximum absolute atomic E-state index is 13.2. The highest BCUT2D eigenvalue weighted by molar-refractivity contribution is 7.09. The van der Waals surface area contributed by atoms with Crippen LogP contribution in [0.4, 0.5) is 5.69 Å². The van der Waals surface area contributed by atoms with E-state index in [1.807, 2.05) is 30.6 Å². The third kappa shape index (κ3) is 5.66. The first-order chi connectivity index (χ1) is 16.9. The molecule has 2 saturated carbocycles. The highest BCUT2D eigenvalue weighted by Gasteiger charge is 2.39. The van der Waals surface area contributed by atoms with Gasteiger partial charge in [0.2, 0.25) is 5.91 Å². The lowest BCUT2D eigenvalue weighted by molar-refractivity contribution is -0.116. The summed E-state index contributed by atoms with van der Waals surface area (Å²) in [6, 6.07) is 6.62. The smallest absolute Gasteiger partial charge is 0.225 e. The van der Waals surface area contributed by atoms with Crippen molar-refractivity contribution in [1.82, 2.24) is 19.7 Å². The van der Waals surface area contributed by atoms with E-state index in [4.69, 9.17) is 10.2 Å². The van der Waals surface area contributed by atoms with Crippen molar-refractivity contribution in [3.05, 3.63) is 57.6 Å². The van der Waals surface area contributed by atoms with E-state index in [9.17, 15) is 4.79 Å². The van der Waals surface area contributed by atoms with E-state index < -0.39 is 0 Å². The molecule has 186 valence electrons. The van der Waals surface area contributed by atoms with Crippen molar-refractivity contribution in [1.29, 1.82) is 0 Å². The molecule has 1 N–H and O–H groups in total. The van der Waals surface area contributed by atoms with Gasteiger partial charge in [-0.3, -0.25) is 4.79 Å². The summed E-state index contributed by atoms with van der Waals surface area (Å²) in [6.07, 6.45) is 9.01. The third-order valence-electron chi connectivity index (χ3n) is 7.42. The molecule has 2 heterocycles. The van der Waals surface area contributed by atoms with Gasteiger partial charge in [-0.25, -0.2) is 4.98 Å². The van der Waals surface area contributed by atoms with Gasteiger partial charge in [0, 0.05) is 48.0 Å². The normalized spacial score (nSPS) is 20.6. The minimum atomic E-state index is -0.0414. The van der Waals surface area contributed by atoms with Crippen LogP contribution in [-0.2, 0) is 11.2 Å². The molecule has 1 amide bonds. The minimum absolute atomic E-state index is 0.0195. The van der Waals surface area contributed by atoms with Crippen LogP contribution in [0, 0.1) is 25.7 Å². The largest absolute Gasteiger partial charge is 0.326 e. The minimum Gasteiger partial charge on any atom is -0.326 e. The van der Waals surface area contributed by atoms with E-state index in [1.165, 1.54) is 37.7 Å². The molecular weight excluding hydrogens is 454 g/mol. The molecule has 6 nitrogen and oxygen atoms in total. The molecule has 0 spiro atoms. The Morgan fingerprint density at radius 1 is 1.20 bits per heavy atom. The monoisotopic (exact) mass is 491 g/mol. The Balaban J connectivity index is 1.37. The van der Waals surface area contributed by atoms with Crippen molar-refractivity contribution in [3.8, 4) is 0 Å². The summed E-state index contributed by atoms with van der Waals surface area (Å²) >= 11 is 1.65. The molecule has 2 fully saturated rings. The zero-order chi connectivity index (χ0) is 24.5. The molecule has 5 rings (SSSR count). The zero-order valence-corrected chi connectivity index (χ0v) is 22.1. The van der Waals surface area contributed by atoms with E-state index in [2.05, 4.69) is 41.7 Å². The quantitative estimate of drug-likeness (QED) is 0.348. The number of nitrogens with one attached hydrogen (secondary N) is 1. The number of thiazole rings is 1. The Morgan fingerprint density at radius 3 is 2.66 bits per heavy atom. The number of rotatable bonds is 10. The van der Waals surface area contributed by atoms with E-state index in [-0.39, 0.29) is 11.8 Å². The molecule has 0 saturated heterocycles. The first-order valence-corrected chi connectivity index (χ1v) is 14.0. The Bertz CT molecular complexity index is 1160. The average Bonchev–Trinajstić information content (AvgIpc) is 3.30. The number of amides is 1. The van der Waals surface area contributed by atoms with Crippen LogP contribution in [0.5, 0.6) is 0 Å². The van der Waals surface area contributed by atoms with Gasteiger partial charge in [0.25, 0.3) is 0 Å². The number of carbonyl (C=O) groups excluding carboxylic acids is 1. The molecule has 2 aromatic heterocycles. The van der Waals surface area contributed by atoms with Gasteiger partial charge < -0.3 is 9.88 Å². The number of benzene rings is 1. The van der Waals surface area contributed by atoms with Crippen molar-refractivity contribution in [2.24, 2.45) is 11.8 Å². The number of carbonyl (C=O) groups is 1. The molecule has 0 bridgehead atoms. The molecule has 35 heavy (non-hydrogen) atoms. The van der Waals surface area contributed by atoms with Gasteiger partial charge >= 0.3 is 0 Å². The lowest BCUT2D eigenvalue weighted by Crippen LogP contribution is -2.27. The van der Waals surface area contributed by atoms with Crippen molar-refractivity contribution in [3.63, 3.8) is 0 Å². The Morgan fingerprint density at radius 2 is 2.00 bits per heavy atom. The molecule has 3 aromatic rings. The standard InChI is InChI=1S/C28H37N5OS/c1-17(2)11-20-13-21(14-20)27-31-32-28(33(27)23-6-7-23)22(16-26-29-9-10-35-26)15-25(34)30-24-8-5-18(3)12-19(24)4/h5,8-10,12,17,20-23H,6-7,11,13-16H2,1-4H3,(H,30,34)/t20-,21+,22?. The van der Waals surface area contributed by atoms with Crippen molar-refractivity contribution in [2.45, 2.75) is 90.5 Å². The molecule has 2 aliphatic rings. The van der Waals surface area contributed by atoms with Crippen LogP contribution in [0.2, 0.25) is 0 Å². The first kappa shape index (κ1) is 24.2. The summed E-state index contributed by atoms with van der Waals surface area (Å²) in [6.45, 7) is 8.73. The van der Waals surface area contributed by atoms with Crippen LogP contribution in [0.1, 0.15) is 98.0 Å². The summed E-state index contributed by atoms with van der Waals surface area (Å²) < 4.78 is 2.42. The van der Waals surface area contributed by atoms with Crippen LogP contribution in [-0.4, -0.2) is 25.7 Å². The predicted molar refractivity (Wildman–Crippen MR) is 141 cm³/mol. The van der Waals surface area contributed by atoms with Gasteiger partial charge in [0.1, 0.15) is 11.6 Å². The van der Waals surface area contributed by atoms with Crippen LogP contribution >= 0.6 is 11.3 Å². The average molecular weight is 492 g/mol. The second-order valence-electron chi connectivity index (χ2n) is 11.1. The van der Waals surface area contributed by atoms with Gasteiger partial charge in [0.05, 0.1) is 5.01 Å². The number of hydrogen-bond donors (Lipinski definition) is 1. The number of anilines is 1. The maximum Gasteiger partial charge on any atom is 0.225 e. The second-order valence-corrected chi connectivity index (χ2v) is 12.1. The zero-order valence-electron chi connectivity index (χ0n) is 21.3. The van der Waals surface area contributed by atoms with Crippen molar-refractivity contribution in [2.75, 3.05) is 5.32 Å². The Kier molecular flexibility index (Phi) is 7.05. The summed E-state index contributed by atoms with van der Waals surface area (Å²) in [5.74, 6) is 4.16. The maximum atomic E-state index is 13.2. The van der Waals surface area contributed by atoms with Crippen molar-refractivity contribution >= 4 is 22.9 Å². The number of hydrogen-bond acceptors (Lipinski definition) is 5. The van der Waals surface area contributed by atoms with Gasteiger partial charge in [-0.1, -0.05) is 31.5 Å². The molecule has 2 aliphatic carbocycles. The van der Waals surface area contributed by atoms with Crippen molar-refractivity contribution < 1.29 is 4.79 Å². The van der Waals surface area contributed by atoms with E-state index in [0.29, 0.717) is 24.8 Å². The molecule has 0 aliphatic heterocycles. The number of nitrogens with zero attached hydrogens (tertiary/aromatic N) is 4. The summed E-state index contributed by atoms with van der Waals surface area (Å²) in [5.41, 5.74) is 3.15. The lowest BCUT2D eigenvalue weighted by Gasteiger charge is -2.36. The highest BCUT2D eigenvalue weighted by atomic mass is 32.1. The first-order valence-electron chi connectivity index (χ1n) is 13.1. The van der Waals surface area contributed by atoms with E-state index in [1.54, 1.807) is 11.3 Å². The Labute approximate surface area is 212 Å². The van der Waals surface area contributed by atoms with E-state index in [0.717, 1.165) is 39.7 Å². The van der Waals surface area contributed by atoms with Crippen LogP contribution in [0.15, 0.2) is 29.8 Å². The summed E-state index contributed by atoms with van der Waals surface area (Å²) in [7, 11) is 0. The fourth-order valence-corrected chi connectivity index (χ4v) is 6.28. The molecule has 0 radical (unpaired) electrons. The summed E-state index contributed by atoms with van der Waals surface area (Å²) in [4.78, 5) is 17.7. The third-order valence-corrected chi connectivity index (χ3v) is 8.23. The fourth-order valence-electron chi connectivity index (χ4n) is 5.58. The van der Waals surface area contributed by atoms with Gasteiger partial charge in [-0.15, -0.1) is 21.5 Å². The van der Waals surface area contributed by atoms with Gasteiger partial charge in [-0.05, 0) is 69.4 Å². The SMILES string of the molecule is Cc1ccc(NC(=O)CC(Cc2nccs2)c2nnc([C@H]3C[C@@H](CC(C)C)C3)n2C2CC2)c(C)c1.